The maximum atomic E-state index is 12.0. The van der Waals surface area contributed by atoms with Crippen LogP contribution in [0.2, 0.25) is 0 Å². The van der Waals surface area contributed by atoms with E-state index in [1.165, 1.54) is 0 Å². The third-order valence-electron chi connectivity index (χ3n) is 4.45. The Bertz CT molecular complexity index is 1050. The molecule has 7 heteroatoms. The number of carbonyl (C=O) groups excluding carboxylic acids is 1. The van der Waals surface area contributed by atoms with E-state index in [1.54, 1.807) is 42.5 Å². The first kappa shape index (κ1) is 21.7. The number of aliphatic hydroxyl groups is 1. The largest absolute Gasteiger partial charge is 0.548 e. The number of nitrogens with zero attached hydrogens (tertiary/aromatic N) is 1. The van der Waals surface area contributed by atoms with Crippen molar-refractivity contribution in [3.05, 3.63) is 89.5 Å². The van der Waals surface area contributed by atoms with Gasteiger partial charge in [-0.1, -0.05) is 30.3 Å². The number of aliphatic carboxylic acids is 1. The first-order valence-corrected chi connectivity index (χ1v) is 9.62. The monoisotopic (exact) mass is 417 g/mol. The molecule has 1 unspecified atom stereocenters. The third-order valence-corrected chi connectivity index (χ3v) is 4.45. The Kier molecular flexibility index (Phi) is 7.46. The van der Waals surface area contributed by atoms with Crippen molar-refractivity contribution in [2.45, 2.75) is 12.6 Å². The van der Waals surface area contributed by atoms with Crippen molar-refractivity contribution in [3.8, 4) is 17.6 Å². The Hall–Kier alpha value is -4.02. The number of carbonyl (C=O) groups is 1. The van der Waals surface area contributed by atoms with Gasteiger partial charge in [0.05, 0.1) is 30.3 Å². The number of nitrogens with one attached hydrogen (secondary N) is 1. The smallest absolute Gasteiger partial charge is 0.125 e. The van der Waals surface area contributed by atoms with Crippen LogP contribution in [0.3, 0.4) is 0 Å². The molecule has 0 spiro atoms. The van der Waals surface area contributed by atoms with Crippen LogP contribution in [0.1, 0.15) is 22.7 Å². The Labute approximate surface area is 180 Å². The van der Waals surface area contributed by atoms with Crippen molar-refractivity contribution in [3.63, 3.8) is 0 Å². The van der Waals surface area contributed by atoms with Crippen molar-refractivity contribution >= 4 is 11.7 Å². The topological polar surface area (TPSA) is 115 Å². The van der Waals surface area contributed by atoms with E-state index in [0.717, 1.165) is 5.56 Å². The molecular weight excluding hydrogens is 396 g/mol. The fourth-order valence-corrected chi connectivity index (χ4v) is 2.94. The minimum absolute atomic E-state index is 0.00779. The van der Waals surface area contributed by atoms with Gasteiger partial charge in [0, 0.05) is 11.3 Å². The van der Waals surface area contributed by atoms with Gasteiger partial charge >= 0.3 is 0 Å². The molecule has 158 valence electrons. The first-order valence-electron chi connectivity index (χ1n) is 9.62. The lowest BCUT2D eigenvalue weighted by Gasteiger charge is -2.24. The number of aliphatic hydroxyl groups excluding tert-OH is 1. The van der Waals surface area contributed by atoms with E-state index < -0.39 is 12.0 Å². The van der Waals surface area contributed by atoms with Crippen LogP contribution in [-0.2, 0) is 11.4 Å². The first-order chi connectivity index (χ1) is 15.1. The van der Waals surface area contributed by atoms with E-state index in [1.807, 2.05) is 36.4 Å². The Morgan fingerprint density at radius 1 is 1.06 bits per heavy atom. The summed E-state index contributed by atoms with van der Waals surface area (Å²) in [5, 5.41) is 32.9. The minimum Gasteiger partial charge on any atom is -0.548 e. The Balaban J connectivity index is 1.88. The van der Waals surface area contributed by atoms with Crippen molar-refractivity contribution in [1.29, 1.82) is 5.26 Å². The van der Waals surface area contributed by atoms with Gasteiger partial charge in [-0.15, -0.1) is 0 Å². The Morgan fingerprint density at radius 3 is 2.45 bits per heavy atom. The molecule has 0 saturated heterocycles. The van der Waals surface area contributed by atoms with Gasteiger partial charge in [0.1, 0.15) is 24.7 Å². The number of nitriles is 1. The van der Waals surface area contributed by atoms with Crippen LogP contribution >= 0.6 is 0 Å². The molecule has 3 aromatic rings. The molecule has 7 nitrogen and oxygen atoms in total. The van der Waals surface area contributed by atoms with Gasteiger partial charge in [0.2, 0.25) is 0 Å². The number of ether oxygens (including phenoxy) is 2. The maximum Gasteiger partial charge on any atom is 0.125 e. The molecule has 0 bridgehead atoms. The van der Waals surface area contributed by atoms with Gasteiger partial charge < -0.3 is 29.8 Å². The molecule has 3 rings (SSSR count). The summed E-state index contributed by atoms with van der Waals surface area (Å²) in [5.41, 5.74) is 2.22. The average Bonchev–Trinajstić information content (AvgIpc) is 2.81. The number of rotatable bonds is 10. The van der Waals surface area contributed by atoms with E-state index >= 15 is 0 Å². The van der Waals surface area contributed by atoms with E-state index in [-0.39, 0.29) is 19.0 Å². The number of carboxylic acids is 1. The number of anilines is 1. The van der Waals surface area contributed by atoms with Crippen LogP contribution in [0.5, 0.6) is 11.5 Å². The average molecular weight is 417 g/mol. The SMILES string of the molecule is N#Cc1ccc(NC(C(=O)[O-])c2cc(OCc3ccccc3)ccc2OCCO)cc1. The van der Waals surface area contributed by atoms with Gasteiger partial charge in [0.15, 0.2) is 0 Å². The predicted molar refractivity (Wildman–Crippen MR) is 112 cm³/mol. The zero-order valence-corrected chi connectivity index (χ0v) is 16.7. The highest BCUT2D eigenvalue weighted by Crippen LogP contribution is 2.32. The second-order valence-corrected chi connectivity index (χ2v) is 6.63. The standard InChI is InChI=1S/C24H22N2O5/c25-15-17-6-8-19(9-7-17)26-23(24(28)29)21-14-20(10-11-22(21)30-13-12-27)31-16-18-4-2-1-3-5-18/h1-11,14,23,26-27H,12-13,16H2,(H,28,29)/p-1. The molecule has 0 aromatic heterocycles. The number of benzene rings is 3. The van der Waals surface area contributed by atoms with E-state index in [9.17, 15) is 9.90 Å². The van der Waals surface area contributed by atoms with Gasteiger partial charge in [-0.25, -0.2) is 0 Å². The second kappa shape index (κ2) is 10.7. The lowest BCUT2D eigenvalue weighted by atomic mass is 10.0. The molecule has 3 aromatic carbocycles. The zero-order chi connectivity index (χ0) is 22.1. The van der Waals surface area contributed by atoms with Crippen molar-refractivity contribution in [2.75, 3.05) is 18.5 Å². The maximum absolute atomic E-state index is 12.0. The summed E-state index contributed by atoms with van der Waals surface area (Å²) in [4.78, 5) is 12.0. The van der Waals surface area contributed by atoms with Crippen LogP contribution in [-0.4, -0.2) is 24.3 Å². The molecule has 1 atom stereocenters. The number of hydrogen-bond donors (Lipinski definition) is 2. The van der Waals surface area contributed by atoms with Gasteiger partial charge in [0.25, 0.3) is 0 Å². The molecule has 0 amide bonds. The molecule has 31 heavy (non-hydrogen) atoms. The van der Waals surface area contributed by atoms with E-state index in [0.29, 0.717) is 29.2 Å². The molecule has 0 radical (unpaired) electrons. The fourth-order valence-electron chi connectivity index (χ4n) is 2.94. The van der Waals surface area contributed by atoms with Crippen LogP contribution in [0, 0.1) is 11.3 Å². The molecule has 0 aliphatic heterocycles. The molecule has 0 aliphatic rings. The molecular formula is C24H21N2O5-. The van der Waals surface area contributed by atoms with Crippen LogP contribution in [0.15, 0.2) is 72.8 Å². The molecule has 0 fully saturated rings. The highest BCUT2D eigenvalue weighted by molar-refractivity contribution is 5.79. The number of hydrogen-bond acceptors (Lipinski definition) is 7. The normalized spacial score (nSPS) is 11.2. The van der Waals surface area contributed by atoms with Crippen molar-refractivity contribution in [1.82, 2.24) is 0 Å². The third kappa shape index (κ3) is 5.98. The fraction of sp³-hybridized carbons (Fsp3) is 0.167. The van der Waals surface area contributed by atoms with Gasteiger partial charge in [-0.3, -0.25) is 0 Å². The summed E-state index contributed by atoms with van der Waals surface area (Å²) in [5.74, 6) is -0.613. The highest BCUT2D eigenvalue weighted by Gasteiger charge is 2.19. The summed E-state index contributed by atoms with van der Waals surface area (Å²) in [6.45, 7) is 0.106. The summed E-state index contributed by atoms with van der Waals surface area (Å²) in [6, 6.07) is 21.6. The van der Waals surface area contributed by atoms with Crippen LogP contribution < -0.4 is 19.9 Å². The van der Waals surface area contributed by atoms with Crippen molar-refractivity contribution in [2.24, 2.45) is 0 Å². The molecule has 0 aliphatic carbocycles. The zero-order valence-electron chi connectivity index (χ0n) is 16.7. The summed E-state index contributed by atoms with van der Waals surface area (Å²) < 4.78 is 11.4. The highest BCUT2D eigenvalue weighted by atomic mass is 16.5. The molecule has 0 heterocycles. The van der Waals surface area contributed by atoms with Crippen LogP contribution in [0.25, 0.3) is 0 Å². The van der Waals surface area contributed by atoms with E-state index in [4.69, 9.17) is 19.8 Å². The number of carboxylic acid groups (broad SMARTS) is 1. The lowest BCUT2D eigenvalue weighted by Crippen LogP contribution is -2.34. The van der Waals surface area contributed by atoms with Gasteiger partial charge in [-0.2, -0.15) is 5.26 Å². The van der Waals surface area contributed by atoms with Crippen molar-refractivity contribution < 1.29 is 24.5 Å². The predicted octanol–water partition coefficient (Wildman–Crippen LogP) is 2.41. The summed E-state index contributed by atoms with van der Waals surface area (Å²) >= 11 is 0. The summed E-state index contributed by atoms with van der Waals surface area (Å²) in [7, 11) is 0. The Morgan fingerprint density at radius 2 is 1.81 bits per heavy atom. The van der Waals surface area contributed by atoms with Gasteiger partial charge in [-0.05, 0) is 48.0 Å². The second-order valence-electron chi connectivity index (χ2n) is 6.63. The summed E-state index contributed by atoms with van der Waals surface area (Å²) in [6.07, 6.45) is 0. The lowest BCUT2D eigenvalue weighted by molar-refractivity contribution is -0.307. The van der Waals surface area contributed by atoms with Crippen LogP contribution in [0.4, 0.5) is 5.69 Å². The molecule has 0 saturated carbocycles. The molecule has 2 N–H and O–H groups in total. The van der Waals surface area contributed by atoms with E-state index in [2.05, 4.69) is 5.32 Å². The minimum atomic E-state index is -1.36. The quantitative estimate of drug-likeness (QED) is 0.521.